The average Bonchev–Trinajstić information content (AvgIpc) is 2.35. The predicted molar refractivity (Wildman–Crippen MR) is 73.5 cm³/mol. The minimum atomic E-state index is -3.60. The van der Waals surface area contributed by atoms with Gasteiger partial charge in [-0.05, 0) is 31.5 Å². The molecule has 0 aromatic heterocycles. The van der Waals surface area contributed by atoms with Gasteiger partial charge in [0.05, 0.1) is 23.8 Å². The van der Waals surface area contributed by atoms with Crippen LogP contribution in [0.3, 0.4) is 0 Å². The molecule has 1 rings (SSSR count). The molecule has 1 aromatic rings. The Labute approximate surface area is 113 Å². The van der Waals surface area contributed by atoms with Crippen molar-refractivity contribution in [3.05, 3.63) is 18.2 Å². The van der Waals surface area contributed by atoms with Crippen LogP contribution in [0.15, 0.2) is 23.1 Å². The summed E-state index contributed by atoms with van der Waals surface area (Å²) in [6, 6.07) is 4.33. The number of hydrogen-bond acceptors (Lipinski definition) is 5. The quantitative estimate of drug-likeness (QED) is 0.750. The number of methoxy groups -OCH3 is 1. The molecule has 0 saturated heterocycles. The van der Waals surface area contributed by atoms with Crippen LogP contribution in [0.2, 0.25) is 0 Å². The Morgan fingerprint density at radius 1 is 1.47 bits per heavy atom. The van der Waals surface area contributed by atoms with Crippen molar-refractivity contribution in [3.63, 3.8) is 0 Å². The molecule has 0 amide bonds. The maximum atomic E-state index is 12.2. The molecule has 108 valence electrons. The van der Waals surface area contributed by atoms with E-state index in [-0.39, 0.29) is 17.1 Å². The predicted octanol–water partition coefficient (Wildman–Crippen LogP) is 0.669. The fraction of sp³-hybridized carbons (Fsp3) is 0.500. The van der Waals surface area contributed by atoms with Crippen LogP contribution in [0.25, 0.3) is 0 Å². The number of aliphatic hydroxyl groups is 1. The van der Waals surface area contributed by atoms with E-state index in [4.69, 9.17) is 10.5 Å². The van der Waals surface area contributed by atoms with Crippen LogP contribution in [0, 0.1) is 0 Å². The summed E-state index contributed by atoms with van der Waals surface area (Å²) in [5, 5.41) is 9.19. The van der Waals surface area contributed by atoms with Gasteiger partial charge in [-0.25, -0.2) is 12.7 Å². The van der Waals surface area contributed by atoms with Crippen molar-refractivity contribution in [2.45, 2.75) is 24.3 Å². The van der Waals surface area contributed by atoms with E-state index in [1.165, 1.54) is 36.7 Å². The summed E-state index contributed by atoms with van der Waals surface area (Å²) in [5.74, 6) is 0.436. The van der Waals surface area contributed by atoms with E-state index in [0.29, 0.717) is 12.2 Å². The first-order valence-electron chi connectivity index (χ1n) is 5.87. The summed E-state index contributed by atoms with van der Waals surface area (Å²) in [4.78, 5) is 0.110. The summed E-state index contributed by atoms with van der Waals surface area (Å²) in [5.41, 5.74) is 5.97. The van der Waals surface area contributed by atoms with Gasteiger partial charge >= 0.3 is 0 Å². The average molecular weight is 288 g/mol. The summed E-state index contributed by atoms with van der Waals surface area (Å²) in [6.07, 6.45) is -0.167. The molecule has 0 spiro atoms. The summed E-state index contributed by atoms with van der Waals surface area (Å²) in [6.45, 7) is 1.86. The minimum Gasteiger partial charge on any atom is -0.495 e. The van der Waals surface area contributed by atoms with Crippen molar-refractivity contribution in [1.82, 2.24) is 4.31 Å². The highest BCUT2D eigenvalue weighted by atomic mass is 32.2. The van der Waals surface area contributed by atoms with Crippen molar-refractivity contribution in [1.29, 1.82) is 0 Å². The zero-order chi connectivity index (χ0) is 14.6. The van der Waals surface area contributed by atoms with Crippen molar-refractivity contribution >= 4 is 15.7 Å². The highest BCUT2D eigenvalue weighted by Crippen LogP contribution is 2.25. The van der Waals surface area contributed by atoms with Gasteiger partial charge in [-0.1, -0.05) is 0 Å². The molecule has 19 heavy (non-hydrogen) atoms. The van der Waals surface area contributed by atoms with Gasteiger partial charge in [0.2, 0.25) is 10.0 Å². The fourth-order valence-corrected chi connectivity index (χ4v) is 2.76. The third-order valence-electron chi connectivity index (χ3n) is 2.77. The second-order valence-corrected chi connectivity index (χ2v) is 6.41. The molecule has 0 heterocycles. The van der Waals surface area contributed by atoms with E-state index in [2.05, 4.69) is 0 Å². The minimum absolute atomic E-state index is 0.110. The van der Waals surface area contributed by atoms with Crippen molar-refractivity contribution in [2.75, 3.05) is 26.4 Å². The molecule has 1 unspecified atom stereocenters. The van der Waals surface area contributed by atoms with Crippen LogP contribution in [0.1, 0.15) is 13.3 Å². The van der Waals surface area contributed by atoms with Crippen LogP contribution in [-0.4, -0.2) is 44.6 Å². The van der Waals surface area contributed by atoms with E-state index in [9.17, 15) is 13.5 Å². The number of sulfonamides is 1. The van der Waals surface area contributed by atoms with Gasteiger partial charge in [0, 0.05) is 13.6 Å². The maximum Gasteiger partial charge on any atom is 0.242 e. The molecule has 7 heteroatoms. The first-order valence-corrected chi connectivity index (χ1v) is 7.31. The van der Waals surface area contributed by atoms with Crippen LogP contribution >= 0.6 is 0 Å². The summed E-state index contributed by atoms with van der Waals surface area (Å²) in [7, 11) is -0.658. The largest absolute Gasteiger partial charge is 0.495 e. The molecule has 3 N–H and O–H groups in total. The molecule has 0 aliphatic rings. The van der Waals surface area contributed by atoms with Crippen molar-refractivity contribution in [2.24, 2.45) is 0 Å². The SMILES string of the molecule is COc1ccc(S(=O)(=O)N(C)CCC(C)O)cc1N. The first kappa shape index (κ1) is 15.7. The molecule has 0 fully saturated rings. The van der Waals surface area contributed by atoms with Gasteiger partial charge in [-0.3, -0.25) is 0 Å². The zero-order valence-corrected chi connectivity index (χ0v) is 12.1. The Balaban J connectivity index is 2.96. The second-order valence-electron chi connectivity index (χ2n) is 4.37. The molecule has 6 nitrogen and oxygen atoms in total. The highest BCUT2D eigenvalue weighted by molar-refractivity contribution is 7.89. The second kappa shape index (κ2) is 6.23. The van der Waals surface area contributed by atoms with E-state index in [0.717, 1.165) is 0 Å². The van der Waals surface area contributed by atoms with E-state index in [1.54, 1.807) is 6.92 Å². The molecule has 0 bridgehead atoms. The monoisotopic (exact) mass is 288 g/mol. The van der Waals surface area contributed by atoms with Crippen LogP contribution in [-0.2, 0) is 10.0 Å². The maximum absolute atomic E-state index is 12.2. The van der Waals surface area contributed by atoms with E-state index < -0.39 is 16.1 Å². The Bertz CT molecular complexity index is 529. The van der Waals surface area contributed by atoms with Gasteiger partial charge in [0.15, 0.2) is 0 Å². The number of ether oxygens (including phenoxy) is 1. The smallest absolute Gasteiger partial charge is 0.242 e. The Hall–Kier alpha value is -1.31. The van der Waals surface area contributed by atoms with Crippen LogP contribution in [0.4, 0.5) is 5.69 Å². The number of benzene rings is 1. The number of aliphatic hydroxyl groups excluding tert-OH is 1. The lowest BCUT2D eigenvalue weighted by Gasteiger charge is -2.18. The Morgan fingerprint density at radius 3 is 2.58 bits per heavy atom. The topological polar surface area (TPSA) is 92.9 Å². The molecular formula is C12H20N2O4S. The molecule has 1 atom stereocenters. The summed E-state index contributed by atoms with van der Waals surface area (Å²) < 4.78 is 30.7. The molecule has 0 aliphatic carbocycles. The third kappa shape index (κ3) is 3.82. The van der Waals surface area contributed by atoms with Crippen LogP contribution < -0.4 is 10.5 Å². The number of nitrogens with zero attached hydrogens (tertiary/aromatic N) is 1. The Morgan fingerprint density at radius 2 is 2.11 bits per heavy atom. The van der Waals surface area contributed by atoms with Gasteiger partial charge in [0.1, 0.15) is 5.75 Å². The lowest BCUT2D eigenvalue weighted by atomic mass is 10.3. The molecule has 1 aromatic carbocycles. The molecular weight excluding hydrogens is 268 g/mol. The highest BCUT2D eigenvalue weighted by Gasteiger charge is 2.21. The van der Waals surface area contributed by atoms with Crippen LogP contribution in [0.5, 0.6) is 5.75 Å². The summed E-state index contributed by atoms with van der Waals surface area (Å²) >= 11 is 0. The van der Waals surface area contributed by atoms with Gasteiger partial charge in [-0.15, -0.1) is 0 Å². The first-order chi connectivity index (χ1) is 8.78. The lowest BCUT2D eigenvalue weighted by Crippen LogP contribution is -2.29. The van der Waals surface area contributed by atoms with E-state index in [1.807, 2.05) is 0 Å². The number of nitrogen functional groups attached to an aromatic ring is 1. The zero-order valence-electron chi connectivity index (χ0n) is 11.3. The third-order valence-corrected chi connectivity index (χ3v) is 4.62. The molecule has 0 radical (unpaired) electrons. The van der Waals surface area contributed by atoms with Gasteiger partial charge in [-0.2, -0.15) is 0 Å². The number of nitrogens with two attached hydrogens (primary N) is 1. The lowest BCUT2D eigenvalue weighted by molar-refractivity contribution is 0.177. The van der Waals surface area contributed by atoms with Crippen molar-refractivity contribution in [3.8, 4) is 5.75 Å². The van der Waals surface area contributed by atoms with E-state index >= 15 is 0 Å². The number of rotatable bonds is 6. The Kier molecular flexibility index (Phi) is 5.16. The standard InChI is InChI=1S/C12H20N2O4S/c1-9(15)6-7-14(2)19(16,17)10-4-5-12(18-3)11(13)8-10/h4-5,8-9,15H,6-7,13H2,1-3H3. The number of anilines is 1. The fourth-order valence-electron chi connectivity index (χ4n) is 1.54. The normalized spacial score (nSPS) is 13.5. The van der Waals surface area contributed by atoms with Gasteiger partial charge < -0.3 is 15.6 Å². The number of hydrogen-bond donors (Lipinski definition) is 2. The van der Waals surface area contributed by atoms with Crippen molar-refractivity contribution < 1.29 is 18.3 Å². The van der Waals surface area contributed by atoms with Gasteiger partial charge in [0.25, 0.3) is 0 Å². The molecule has 0 aliphatic heterocycles. The molecule has 0 saturated carbocycles.